The first kappa shape index (κ1) is 11.4. The minimum atomic E-state index is -0.182. The van der Waals surface area contributed by atoms with Crippen molar-refractivity contribution < 1.29 is 9.53 Å². The van der Waals surface area contributed by atoms with Gasteiger partial charge in [0, 0.05) is 6.54 Å². The number of carbonyl (C=O) groups is 1. The summed E-state index contributed by atoms with van der Waals surface area (Å²) >= 11 is 0. The fourth-order valence-electron chi connectivity index (χ4n) is 1.37. The number of hydrogen-bond donors (Lipinski definition) is 1. The summed E-state index contributed by atoms with van der Waals surface area (Å²) in [5.74, 6) is 0.0147. The smallest absolute Gasteiger partial charge is 0.310 e. The van der Waals surface area contributed by atoms with Crippen LogP contribution in [0, 0.1) is 11.8 Å². The number of methoxy groups -OCH3 is 1. The molecule has 0 aliphatic rings. The maximum atomic E-state index is 11.2. The molecule has 0 aliphatic heterocycles. The minimum Gasteiger partial charge on any atom is -0.469 e. The van der Waals surface area contributed by atoms with E-state index in [0.29, 0.717) is 12.5 Å². The molecule has 0 saturated heterocycles. The fraction of sp³-hybridized carbons (Fsp3) is 0.889. The largest absolute Gasteiger partial charge is 0.469 e. The average Bonchev–Trinajstić information content (AvgIpc) is 2.06. The number of esters is 1. The molecule has 0 heterocycles. The van der Waals surface area contributed by atoms with Crippen LogP contribution in [-0.4, -0.2) is 19.6 Å². The first-order chi connectivity index (χ1) is 5.67. The maximum Gasteiger partial charge on any atom is 0.310 e. The molecule has 2 atom stereocenters. The average molecular weight is 173 g/mol. The zero-order chi connectivity index (χ0) is 9.56. The van der Waals surface area contributed by atoms with Crippen LogP contribution in [0.4, 0.5) is 0 Å². The predicted octanol–water partition coefficient (Wildman–Crippen LogP) is 1.17. The van der Waals surface area contributed by atoms with E-state index in [1.165, 1.54) is 7.11 Å². The van der Waals surface area contributed by atoms with Crippen molar-refractivity contribution in [1.29, 1.82) is 0 Å². The van der Waals surface area contributed by atoms with E-state index in [1.807, 2.05) is 6.92 Å². The van der Waals surface area contributed by atoms with Gasteiger partial charge in [0.25, 0.3) is 0 Å². The Balaban J connectivity index is 4.03. The third-order valence-corrected chi connectivity index (χ3v) is 2.19. The molecule has 0 bridgehead atoms. The molecule has 0 aromatic rings. The number of rotatable bonds is 5. The van der Waals surface area contributed by atoms with Gasteiger partial charge in [0.15, 0.2) is 0 Å². The van der Waals surface area contributed by atoms with Crippen LogP contribution in [0.3, 0.4) is 0 Å². The molecule has 0 aromatic carbocycles. The van der Waals surface area contributed by atoms with Gasteiger partial charge in [-0.1, -0.05) is 26.7 Å². The summed E-state index contributed by atoms with van der Waals surface area (Å²) in [6.45, 7) is 4.52. The van der Waals surface area contributed by atoms with Gasteiger partial charge in [-0.05, 0) is 5.92 Å². The Morgan fingerprint density at radius 2 is 2.17 bits per heavy atom. The van der Waals surface area contributed by atoms with E-state index in [2.05, 4.69) is 11.7 Å². The van der Waals surface area contributed by atoms with Crippen LogP contribution in [0.2, 0.25) is 0 Å². The van der Waals surface area contributed by atoms with Crippen molar-refractivity contribution in [2.24, 2.45) is 17.6 Å². The molecule has 2 unspecified atom stereocenters. The molecule has 0 saturated carbocycles. The van der Waals surface area contributed by atoms with Crippen LogP contribution in [0.25, 0.3) is 0 Å². The highest BCUT2D eigenvalue weighted by Gasteiger charge is 2.23. The number of carbonyl (C=O) groups excluding carboxylic acids is 1. The molecule has 2 N–H and O–H groups in total. The number of nitrogens with two attached hydrogens (primary N) is 1. The molecule has 0 spiro atoms. The Bertz CT molecular complexity index is 136. The molecule has 0 aromatic heterocycles. The van der Waals surface area contributed by atoms with Gasteiger partial charge in [-0.25, -0.2) is 0 Å². The lowest BCUT2D eigenvalue weighted by atomic mass is 9.90. The van der Waals surface area contributed by atoms with Crippen LogP contribution < -0.4 is 5.73 Å². The van der Waals surface area contributed by atoms with Crippen LogP contribution in [0.1, 0.15) is 26.7 Å². The second-order valence-corrected chi connectivity index (χ2v) is 3.13. The monoisotopic (exact) mass is 173 g/mol. The van der Waals surface area contributed by atoms with Gasteiger partial charge in [0.1, 0.15) is 0 Å². The molecular weight excluding hydrogens is 154 g/mol. The van der Waals surface area contributed by atoms with Crippen molar-refractivity contribution >= 4 is 5.97 Å². The van der Waals surface area contributed by atoms with Crippen molar-refractivity contribution in [3.05, 3.63) is 0 Å². The van der Waals surface area contributed by atoms with E-state index in [9.17, 15) is 4.79 Å². The number of ether oxygens (including phenoxy) is 1. The van der Waals surface area contributed by atoms with E-state index in [4.69, 9.17) is 5.73 Å². The second kappa shape index (κ2) is 6.00. The van der Waals surface area contributed by atoms with Crippen molar-refractivity contribution in [2.75, 3.05) is 13.7 Å². The van der Waals surface area contributed by atoms with E-state index >= 15 is 0 Å². The Hall–Kier alpha value is -0.570. The van der Waals surface area contributed by atoms with Crippen LogP contribution in [0.5, 0.6) is 0 Å². The lowest BCUT2D eigenvalue weighted by Crippen LogP contribution is -2.30. The molecule has 0 radical (unpaired) electrons. The van der Waals surface area contributed by atoms with Gasteiger partial charge < -0.3 is 10.5 Å². The van der Waals surface area contributed by atoms with E-state index < -0.39 is 0 Å². The highest BCUT2D eigenvalue weighted by atomic mass is 16.5. The van der Waals surface area contributed by atoms with Crippen LogP contribution in [0.15, 0.2) is 0 Å². The predicted molar refractivity (Wildman–Crippen MR) is 48.6 cm³/mol. The summed E-state index contributed by atoms with van der Waals surface area (Å²) in [5, 5.41) is 0. The molecule has 0 amide bonds. The van der Waals surface area contributed by atoms with Crippen molar-refractivity contribution in [1.82, 2.24) is 0 Å². The maximum absolute atomic E-state index is 11.2. The van der Waals surface area contributed by atoms with Gasteiger partial charge in [0.2, 0.25) is 0 Å². The van der Waals surface area contributed by atoms with E-state index in [0.717, 1.165) is 12.8 Å². The fourth-order valence-corrected chi connectivity index (χ4v) is 1.37. The Morgan fingerprint density at radius 3 is 2.50 bits per heavy atom. The topological polar surface area (TPSA) is 52.3 Å². The minimum absolute atomic E-state index is 0.130. The van der Waals surface area contributed by atoms with Gasteiger partial charge in [0.05, 0.1) is 13.0 Å². The molecule has 72 valence electrons. The molecule has 0 fully saturated rings. The Labute approximate surface area is 74.3 Å². The van der Waals surface area contributed by atoms with Gasteiger partial charge >= 0.3 is 5.97 Å². The zero-order valence-electron chi connectivity index (χ0n) is 8.17. The summed E-state index contributed by atoms with van der Waals surface area (Å²) in [6, 6.07) is 0. The zero-order valence-corrected chi connectivity index (χ0v) is 8.17. The standard InChI is InChI=1S/C9H19NO2/c1-4-5-7(2)8(6-10)9(11)12-3/h7-8H,4-6,10H2,1-3H3. The summed E-state index contributed by atoms with van der Waals surface area (Å²) in [5.41, 5.74) is 5.48. The van der Waals surface area contributed by atoms with Gasteiger partial charge in [-0.15, -0.1) is 0 Å². The first-order valence-corrected chi connectivity index (χ1v) is 4.45. The molecule has 0 aliphatic carbocycles. The molecule has 3 heteroatoms. The number of hydrogen-bond acceptors (Lipinski definition) is 3. The quantitative estimate of drug-likeness (QED) is 0.635. The van der Waals surface area contributed by atoms with Crippen LogP contribution >= 0.6 is 0 Å². The van der Waals surface area contributed by atoms with Crippen molar-refractivity contribution in [2.45, 2.75) is 26.7 Å². The normalized spacial score (nSPS) is 15.3. The van der Waals surface area contributed by atoms with Gasteiger partial charge in [-0.2, -0.15) is 0 Å². The van der Waals surface area contributed by atoms with Gasteiger partial charge in [-0.3, -0.25) is 4.79 Å². The highest BCUT2D eigenvalue weighted by molar-refractivity contribution is 5.72. The Kier molecular flexibility index (Phi) is 5.72. The molecule has 0 rings (SSSR count). The van der Waals surface area contributed by atoms with Crippen molar-refractivity contribution in [3.63, 3.8) is 0 Å². The van der Waals surface area contributed by atoms with Crippen LogP contribution in [-0.2, 0) is 9.53 Å². The first-order valence-electron chi connectivity index (χ1n) is 4.45. The summed E-state index contributed by atoms with van der Waals surface area (Å²) in [7, 11) is 1.41. The summed E-state index contributed by atoms with van der Waals surface area (Å²) in [6.07, 6.45) is 2.10. The molecular formula is C9H19NO2. The van der Waals surface area contributed by atoms with Crippen molar-refractivity contribution in [3.8, 4) is 0 Å². The molecule has 3 nitrogen and oxygen atoms in total. The highest BCUT2D eigenvalue weighted by Crippen LogP contribution is 2.17. The lowest BCUT2D eigenvalue weighted by Gasteiger charge is -2.19. The second-order valence-electron chi connectivity index (χ2n) is 3.13. The molecule has 12 heavy (non-hydrogen) atoms. The summed E-state index contributed by atoms with van der Waals surface area (Å²) in [4.78, 5) is 11.2. The Morgan fingerprint density at radius 1 is 1.58 bits per heavy atom. The van der Waals surface area contributed by atoms with E-state index in [1.54, 1.807) is 0 Å². The summed E-state index contributed by atoms with van der Waals surface area (Å²) < 4.78 is 4.65. The van der Waals surface area contributed by atoms with E-state index in [-0.39, 0.29) is 11.9 Å². The lowest BCUT2D eigenvalue weighted by molar-refractivity contribution is -0.146. The third-order valence-electron chi connectivity index (χ3n) is 2.19. The SMILES string of the molecule is CCCC(C)C(CN)C(=O)OC. The third kappa shape index (κ3) is 3.22.